The van der Waals surface area contributed by atoms with Gasteiger partial charge in [0, 0.05) is 18.9 Å². The minimum atomic E-state index is -0.149. The van der Waals surface area contributed by atoms with E-state index in [2.05, 4.69) is 9.97 Å². The van der Waals surface area contributed by atoms with Crippen molar-refractivity contribution in [2.45, 2.75) is 20.0 Å². The first-order valence-electron chi connectivity index (χ1n) is 3.91. The smallest absolute Gasteiger partial charge is 0.250 e. The quantitative estimate of drug-likeness (QED) is 0.728. The molecule has 1 unspecified atom stereocenters. The number of ether oxygens (including phenoxy) is 1. The van der Waals surface area contributed by atoms with Gasteiger partial charge in [-0.1, -0.05) is 0 Å². The molecule has 4 heteroatoms. The Bertz CT molecular complexity index is 295. The molecule has 0 saturated heterocycles. The zero-order valence-electron chi connectivity index (χ0n) is 7.20. The van der Waals surface area contributed by atoms with Crippen LogP contribution in [-0.4, -0.2) is 16.6 Å². The number of H-pyrrole nitrogens is 1. The summed E-state index contributed by atoms with van der Waals surface area (Å²) in [5.41, 5.74) is -0.147. The second-order valence-electron chi connectivity index (χ2n) is 2.42. The van der Waals surface area contributed by atoms with Crippen LogP contribution >= 0.6 is 0 Å². The van der Waals surface area contributed by atoms with Gasteiger partial charge in [0.05, 0.1) is 0 Å². The maximum absolute atomic E-state index is 10.8. The summed E-state index contributed by atoms with van der Waals surface area (Å²) >= 11 is 0. The van der Waals surface area contributed by atoms with Crippen molar-refractivity contribution in [2.75, 3.05) is 6.61 Å². The molecule has 0 saturated carbocycles. The number of aromatic amines is 1. The van der Waals surface area contributed by atoms with E-state index < -0.39 is 0 Å². The molecule has 1 aromatic rings. The Hall–Kier alpha value is -1.16. The Labute approximate surface area is 70.6 Å². The molecule has 66 valence electrons. The fourth-order valence-electron chi connectivity index (χ4n) is 0.921. The van der Waals surface area contributed by atoms with Crippen molar-refractivity contribution in [3.8, 4) is 0 Å². The molecule has 1 atom stereocenters. The molecule has 0 aliphatic carbocycles. The normalized spacial score (nSPS) is 12.8. The van der Waals surface area contributed by atoms with E-state index >= 15 is 0 Å². The zero-order chi connectivity index (χ0) is 8.97. The van der Waals surface area contributed by atoms with Crippen LogP contribution in [0.5, 0.6) is 0 Å². The molecule has 1 N–H and O–H groups in total. The molecule has 0 spiro atoms. The molecule has 1 rings (SSSR count). The zero-order valence-corrected chi connectivity index (χ0v) is 7.20. The SMILES string of the molecule is CCOC(C)c1nccc(=O)[nH]1. The molecule has 0 radical (unpaired) electrons. The second kappa shape index (κ2) is 4.01. The summed E-state index contributed by atoms with van der Waals surface area (Å²) < 4.78 is 5.25. The van der Waals surface area contributed by atoms with Gasteiger partial charge in [-0.15, -0.1) is 0 Å². The lowest BCUT2D eigenvalue weighted by molar-refractivity contribution is 0.0698. The van der Waals surface area contributed by atoms with Gasteiger partial charge in [-0.05, 0) is 13.8 Å². The molecular weight excluding hydrogens is 156 g/mol. The van der Waals surface area contributed by atoms with E-state index in [1.54, 1.807) is 0 Å². The lowest BCUT2D eigenvalue weighted by Crippen LogP contribution is -2.12. The van der Waals surface area contributed by atoms with Gasteiger partial charge >= 0.3 is 0 Å². The second-order valence-corrected chi connectivity index (χ2v) is 2.42. The van der Waals surface area contributed by atoms with Gasteiger partial charge in [0.15, 0.2) is 0 Å². The Morgan fingerprint density at radius 3 is 3.08 bits per heavy atom. The predicted octanol–water partition coefficient (Wildman–Crippen LogP) is 0.867. The van der Waals surface area contributed by atoms with Crippen LogP contribution in [0, 0.1) is 0 Å². The van der Waals surface area contributed by atoms with E-state index in [4.69, 9.17) is 4.74 Å². The molecule has 1 heterocycles. The number of rotatable bonds is 3. The molecule has 0 bridgehead atoms. The summed E-state index contributed by atoms with van der Waals surface area (Å²) in [6.45, 7) is 4.36. The fourth-order valence-corrected chi connectivity index (χ4v) is 0.921. The third-order valence-electron chi connectivity index (χ3n) is 1.49. The number of aromatic nitrogens is 2. The summed E-state index contributed by atoms with van der Waals surface area (Å²) in [6, 6.07) is 1.38. The molecule has 1 aromatic heterocycles. The summed E-state index contributed by atoms with van der Waals surface area (Å²) in [5.74, 6) is 0.573. The summed E-state index contributed by atoms with van der Waals surface area (Å²) in [4.78, 5) is 17.4. The van der Waals surface area contributed by atoms with E-state index in [1.165, 1.54) is 12.3 Å². The van der Waals surface area contributed by atoms with E-state index in [0.29, 0.717) is 12.4 Å². The van der Waals surface area contributed by atoms with Crippen molar-refractivity contribution < 1.29 is 4.74 Å². The maximum atomic E-state index is 10.8. The van der Waals surface area contributed by atoms with Gasteiger partial charge in [0.1, 0.15) is 11.9 Å². The Balaban J connectivity index is 2.80. The highest BCUT2D eigenvalue weighted by molar-refractivity contribution is 4.92. The van der Waals surface area contributed by atoms with Crippen LogP contribution in [-0.2, 0) is 4.74 Å². The number of nitrogens with one attached hydrogen (secondary N) is 1. The lowest BCUT2D eigenvalue weighted by Gasteiger charge is -2.08. The van der Waals surface area contributed by atoms with Gasteiger partial charge in [-0.3, -0.25) is 4.79 Å². The average Bonchev–Trinajstić information content (AvgIpc) is 2.05. The van der Waals surface area contributed by atoms with Crippen LogP contribution < -0.4 is 5.56 Å². The third-order valence-corrected chi connectivity index (χ3v) is 1.49. The van der Waals surface area contributed by atoms with Crippen LogP contribution in [0.15, 0.2) is 17.1 Å². The topological polar surface area (TPSA) is 55.0 Å². The highest BCUT2D eigenvalue weighted by atomic mass is 16.5. The van der Waals surface area contributed by atoms with Gasteiger partial charge < -0.3 is 9.72 Å². The number of hydrogen-bond acceptors (Lipinski definition) is 3. The molecule has 4 nitrogen and oxygen atoms in total. The summed E-state index contributed by atoms with van der Waals surface area (Å²) in [5, 5.41) is 0. The monoisotopic (exact) mass is 168 g/mol. The number of hydrogen-bond donors (Lipinski definition) is 1. The summed E-state index contributed by atoms with van der Waals surface area (Å²) in [6.07, 6.45) is 1.33. The highest BCUT2D eigenvalue weighted by Crippen LogP contribution is 2.08. The molecule has 0 amide bonds. The Morgan fingerprint density at radius 1 is 1.75 bits per heavy atom. The first-order chi connectivity index (χ1) is 5.74. The van der Waals surface area contributed by atoms with Crippen molar-refractivity contribution in [3.63, 3.8) is 0 Å². The lowest BCUT2D eigenvalue weighted by atomic mass is 10.4. The van der Waals surface area contributed by atoms with Gasteiger partial charge in [-0.25, -0.2) is 4.98 Å². The largest absolute Gasteiger partial charge is 0.371 e. The van der Waals surface area contributed by atoms with Crippen molar-refractivity contribution in [3.05, 3.63) is 28.4 Å². The Kier molecular flexibility index (Phi) is 2.99. The van der Waals surface area contributed by atoms with Crippen LogP contribution in [0.4, 0.5) is 0 Å². The van der Waals surface area contributed by atoms with E-state index in [-0.39, 0.29) is 11.7 Å². The van der Waals surface area contributed by atoms with Crippen LogP contribution in [0.1, 0.15) is 25.8 Å². The standard InChI is InChI=1S/C8H12N2O2/c1-3-12-6(2)8-9-5-4-7(11)10-8/h4-6H,3H2,1-2H3,(H,9,10,11). The highest BCUT2D eigenvalue weighted by Gasteiger charge is 2.05. The first kappa shape index (κ1) is 8.93. The first-order valence-corrected chi connectivity index (χ1v) is 3.91. The molecule has 0 aliphatic rings. The van der Waals surface area contributed by atoms with E-state index in [9.17, 15) is 4.79 Å². The molecule has 0 aromatic carbocycles. The van der Waals surface area contributed by atoms with Crippen LogP contribution in [0.2, 0.25) is 0 Å². The average molecular weight is 168 g/mol. The maximum Gasteiger partial charge on any atom is 0.250 e. The van der Waals surface area contributed by atoms with Crippen LogP contribution in [0.3, 0.4) is 0 Å². The van der Waals surface area contributed by atoms with Crippen molar-refractivity contribution >= 4 is 0 Å². The molecule has 0 fully saturated rings. The van der Waals surface area contributed by atoms with Crippen molar-refractivity contribution in [1.82, 2.24) is 9.97 Å². The Morgan fingerprint density at radius 2 is 2.50 bits per heavy atom. The van der Waals surface area contributed by atoms with E-state index in [1.807, 2.05) is 13.8 Å². The molecule has 12 heavy (non-hydrogen) atoms. The van der Waals surface area contributed by atoms with Gasteiger partial charge in [0.25, 0.3) is 5.56 Å². The third kappa shape index (κ3) is 2.17. The molecular formula is C8H12N2O2. The minimum Gasteiger partial charge on any atom is -0.371 e. The van der Waals surface area contributed by atoms with Crippen molar-refractivity contribution in [2.24, 2.45) is 0 Å². The van der Waals surface area contributed by atoms with Crippen LogP contribution in [0.25, 0.3) is 0 Å². The summed E-state index contributed by atoms with van der Waals surface area (Å²) in [7, 11) is 0. The van der Waals surface area contributed by atoms with E-state index in [0.717, 1.165) is 0 Å². The van der Waals surface area contributed by atoms with Gasteiger partial charge in [0.2, 0.25) is 0 Å². The minimum absolute atomic E-state index is 0.147. The predicted molar refractivity (Wildman–Crippen MR) is 44.9 cm³/mol. The van der Waals surface area contributed by atoms with Gasteiger partial charge in [-0.2, -0.15) is 0 Å². The van der Waals surface area contributed by atoms with Crippen molar-refractivity contribution in [1.29, 1.82) is 0 Å². The molecule has 0 aliphatic heterocycles. The number of nitrogens with zero attached hydrogens (tertiary/aromatic N) is 1. The fraction of sp³-hybridized carbons (Fsp3) is 0.500.